The molecule has 0 bridgehead atoms. The summed E-state index contributed by atoms with van der Waals surface area (Å²) < 4.78 is 0. The van der Waals surface area contributed by atoms with Crippen molar-refractivity contribution >= 4 is 18.3 Å². The van der Waals surface area contributed by atoms with Crippen LogP contribution in [-0.2, 0) is 6.42 Å². The van der Waals surface area contributed by atoms with Gasteiger partial charge in [-0.2, -0.15) is 12.6 Å². The summed E-state index contributed by atoms with van der Waals surface area (Å²) in [6, 6.07) is 8.49. The molecule has 1 aromatic carbocycles. The molecule has 0 saturated carbocycles. The number of hydrogen-bond acceptors (Lipinski definition) is 3. The van der Waals surface area contributed by atoms with E-state index in [0.29, 0.717) is 5.75 Å². The Morgan fingerprint density at radius 2 is 2.05 bits per heavy atom. The molecule has 0 saturated heterocycles. The van der Waals surface area contributed by atoms with E-state index in [0.717, 1.165) is 30.7 Å². The lowest BCUT2D eigenvalue weighted by atomic mass is 10.0. The Kier molecular flexibility index (Phi) is 5.68. The van der Waals surface area contributed by atoms with E-state index in [1.165, 1.54) is 22.4 Å². The van der Waals surface area contributed by atoms with Crippen LogP contribution < -0.4 is 5.32 Å². The van der Waals surface area contributed by atoms with E-state index in [2.05, 4.69) is 62.1 Å². The predicted molar refractivity (Wildman–Crippen MR) is 95.2 cm³/mol. The summed E-state index contributed by atoms with van der Waals surface area (Å²) in [5.74, 6) is 0.692. The van der Waals surface area contributed by atoms with Crippen molar-refractivity contribution in [3.8, 4) is 0 Å². The van der Waals surface area contributed by atoms with Crippen LogP contribution in [0.3, 0.4) is 0 Å². The summed E-state index contributed by atoms with van der Waals surface area (Å²) in [5, 5.41) is 3.29. The van der Waals surface area contributed by atoms with Crippen LogP contribution in [0.5, 0.6) is 0 Å². The highest BCUT2D eigenvalue weighted by Crippen LogP contribution is 2.24. The molecule has 1 aliphatic rings. The highest BCUT2D eigenvalue weighted by atomic mass is 32.1. The summed E-state index contributed by atoms with van der Waals surface area (Å²) in [6.45, 7) is 4.29. The van der Waals surface area contributed by atoms with Gasteiger partial charge in [-0.1, -0.05) is 30.3 Å². The van der Waals surface area contributed by atoms with Gasteiger partial charge >= 0.3 is 0 Å². The number of nitrogens with one attached hydrogen (secondary N) is 1. The van der Waals surface area contributed by atoms with E-state index in [4.69, 9.17) is 4.99 Å². The first-order valence-corrected chi connectivity index (χ1v) is 8.08. The number of thiol groups is 1. The summed E-state index contributed by atoms with van der Waals surface area (Å²) >= 11 is 4.47. The number of hydrogen-bond donors (Lipinski definition) is 2. The van der Waals surface area contributed by atoms with E-state index in [1.807, 2.05) is 7.05 Å². The number of aryl methyl sites for hydroxylation is 1. The molecule has 3 heteroatoms. The number of benzene rings is 1. The number of likely N-dealkylation sites (N-methyl/N-ethyl adjacent to an activating group) is 1. The second-order valence-electron chi connectivity index (χ2n) is 5.44. The lowest BCUT2D eigenvalue weighted by Crippen LogP contribution is -2.15. The topological polar surface area (TPSA) is 24.4 Å². The van der Waals surface area contributed by atoms with Crippen molar-refractivity contribution in [2.75, 3.05) is 12.8 Å². The van der Waals surface area contributed by atoms with E-state index >= 15 is 0 Å². The fourth-order valence-corrected chi connectivity index (χ4v) is 2.87. The van der Waals surface area contributed by atoms with Crippen LogP contribution in [0.1, 0.15) is 30.9 Å². The first-order chi connectivity index (χ1) is 10.2. The zero-order valence-corrected chi connectivity index (χ0v) is 14.0. The monoisotopic (exact) mass is 300 g/mol. The molecule has 0 spiro atoms. The Morgan fingerprint density at radius 3 is 2.71 bits per heavy atom. The molecule has 0 heterocycles. The molecule has 0 fully saturated rings. The van der Waals surface area contributed by atoms with Gasteiger partial charge in [-0.25, -0.2) is 0 Å². The third-order valence-corrected chi connectivity index (χ3v) is 4.26. The largest absolute Gasteiger partial charge is 0.386 e. The van der Waals surface area contributed by atoms with Crippen molar-refractivity contribution in [3.05, 3.63) is 58.4 Å². The molecular formula is C18H24N2S. The van der Waals surface area contributed by atoms with Gasteiger partial charge in [0, 0.05) is 24.9 Å². The van der Waals surface area contributed by atoms with Crippen LogP contribution in [0.25, 0.3) is 0 Å². The van der Waals surface area contributed by atoms with Crippen molar-refractivity contribution in [1.29, 1.82) is 0 Å². The molecular weight excluding hydrogens is 276 g/mol. The Balaban J connectivity index is 2.28. The second-order valence-corrected chi connectivity index (χ2v) is 5.75. The molecule has 2 nitrogen and oxygen atoms in total. The lowest BCUT2D eigenvalue weighted by molar-refractivity contribution is 0.842. The van der Waals surface area contributed by atoms with Gasteiger partial charge in [-0.05, 0) is 43.4 Å². The highest BCUT2D eigenvalue weighted by molar-refractivity contribution is 7.81. The fourth-order valence-electron chi connectivity index (χ4n) is 2.68. The molecule has 2 rings (SSSR count). The molecule has 1 N–H and O–H groups in total. The predicted octanol–water partition coefficient (Wildman–Crippen LogP) is 4.08. The number of nitrogens with zero attached hydrogens (tertiary/aromatic N) is 1. The van der Waals surface area contributed by atoms with E-state index in [1.54, 1.807) is 0 Å². The van der Waals surface area contributed by atoms with Gasteiger partial charge < -0.3 is 5.32 Å². The molecule has 0 atom stereocenters. The third kappa shape index (κ3) is 4.01. The average Bonchev–Trinajstić information content (AvgIpc) is 2.49. The maximum Gasteiger partial charge on any atom is 0.0640 e. The molecule has 0 aromatic heterocycles. The first kappa shape index (κ1) is 15.9. The molecule has 0 unspecified atom stereocenters. The number of allylic oxidation sites excluding steroid dienone is 3. The summed E-state index contributed by atoms with van der Waals surface area (Å²) in [7, 11) is 1.97. The number of aliphatic imine (C=N–C) groups is 1. The van der Waals surface area contributed by atoms with Crippen LogP contribution >= 0.6 is 12.6 Å². The summed E-state index contributed by atoms with van der Waals surface area (Å²) in [4.78, 5) is 4.91. The van der Waals surface area contributed by atoms with Crippen molar-refractivity contribution in [2.45, 2.75) is 33.1 Å². The minimum absolute atomic E-state index is 0.692. The van der Waals surface area contributed by atoms with Crippen molar-refractivity contribution < 1.29 is 0 Å². The molecule has 112 valence electrons. The van der Waals surface area contributed by atoms with Crippen molar-refractivity contribution in [3.63, 3.8) is 0 Å². The highest BCUT2D eigenvalue weighted by Gasteiger charge is 2.12. The zero-order valence-electron chi connectivity index (χ0n) is 13.1. The minimum Gasteiger partial charge on any atom is -0.386 e. The quantitative estimate of drug-likeness (QED) is 0.621. The van der Waals surface area contributed by atoms with Crippen LogP contribution in [-0.4, -0.2) is 18.5 Å². The van der Waals surface area contributed by atoms with Crippen LogP contribution in [0.15, 0.2) is 52.3 Å². The molecule has 0 aliphatic heterocycles. The lowest BCUT2D eigenvalue weighted by Gasteiger charge is -2.18. The average molecular weight is 300 g/mol. The fraction of sp³-hybridized carbons (Fsp3) is 0.389. The van der Waals surface area contributed by atoms with Gasteiger partial charge in [0.25, 0.3) is 0 Å². The van der Waals surface area contributed by atoms with Gasteiger partial charge in [0.1, 0.15) is 0 Å². The Morgan fingerprint density at radius 1 is 1.29 bits per heavy atom. The van der Waals surface area contributed by atoms with Gasteiger partial charge in [-0.15, -0.1) is 0 Å². The van der Waals surface area contributed by atoms with Crippen LogP contribution in [0.2, 0.25) is 0 Å². The third-order valence-electron chi connectivity index (χ3n) is 3.90. The van der Waals surface area contributed by atoms with E-state index in [9.17, 15) is 0 Å². The Hall–Kier alpha value is -1.48. The van der Waals surface area contributed by atoms with E-state index < -0.39 is 0 Å². The first-order valence-electron chi connectivity index (χ1n) is 7.45. The molecule has 1 aromatic rings. The van der Waals surface area contributed by atoms with Crippen molar-refractivity contribution in [2.24, 2.45) is 4.99 Å². The zero-order chi connectivity index (χ0) is 15.2. The maximum absolute atomic E-state index is 4.91. The SMILES string of the molecule is CNC1=C(N=C(CS)Cc2ccccc2C)CCC=C1C. The van der Waals surface area contributed by atoms with Gasteiger partial charge in [0.05, 0.1) is 11.4 Å². The van der Waals surface area contributed by atoms with Crippen molar-refractivity contribution in [1.82, 2.24) is 5.32 Å². The van der Waals surface area contributed by atoms with Gasteiger partial charge in [-0.3, -0.25) is 4.99 Å². The second kappa shape index (κ2) is 7.51. The molecule has 21 heavy (non-hydrogen) atoms. The standard InChI is InChI=1S/C18H24N2S/c1-13-7-4-5-9-15(13)11-16(12-21)20-17-10-6-8-14(2)18(17)19-3/h4-5,7-9,19,21H,6,10-12H2,1-3H3. The molecule has 1 aliphatic carbocycles. The Bertz CT molecular complexity index is 597. The molecule has 0 radical (unpaired) electrons. The Labute approximate surface area is 133 Å². The van der Waals surface area contributed by atoms with Crippen LogP contribution in [0, 0.1) is 6.92 Å². The smallest absolute Gasteiger partial charge is 0.0640 e. The molecule has 0 amide bonds. The number of rotatable bonds is 5. The van der Waals surface area contributed by atoms with Gasteiger partial charge in [0.2, 0.25) is 0 Å². The summed E-state index contributed by atoms with van der Waals surface area (Å²) in [6.07, 6.45) is 5.21. The normalized spacial score (nSPS) is 16.0. The van der Waals surface area contributed by atoms with Gasteiger partial charge in [0.15, 0.2) is 0 Å². The van der Waals surface area contributed by atoms with Crippen LogP contribution in [0.4, 0.5) is 0 Å². The minimum atomic E-state index is 0.692. The maximum atomic E-state index is 4.91. The summed E-state index contributed by atoms with van der Waals surface area (Å²) in [5.41, 5.74) is 7.40. The van der Waals surface area contributed by atoms with E-state index in [-0.39, 0.29) is 0 Å².